The van der Waals surface area contributed by atoms with Crippen LogP contribution in [0.1, 0.15) is 51.4 Å². The Kier molecular flexibility index (Phi) is 13.4. The van der Waals surface area contributed by atoms with Crippen LogP contribution in [0, 0.1) is 0 Å². The van der Waals surface area contributed by atoms with Gasteiger partial charge in [0.2, 0.25) is 0 Å². The molecule has 4 nitrogen and oxygen atoms in total. The molecule has 3 aromatic rings. The number of rotatable bonds is 18. The summed E-state index contributed by atoms with van der Waals surface area (Å²) < 4.78 is 23.5. The van der Waals surface area contributed by atoms with E-state index >= 15 is 0 Å². The first-order valence-corrected chi connectivity index (χ1v) is 14.2. The molecule has 0 heterocycles. The van der Waals surface area contributed by atoms with Gasteiger partial charge in [-0.05, 0) is 110 Å². The van der Waals surface area contributed by atoms with Crippen molar-refractivity contribution in [3.05, 3.63) is 72.8 Å². The molecule has 0 radical (unpaired) electrons. The molecule has 0 spiro atoms. The standard InChI is InChI=1S/C30H38O4S2/c35-23-7-3-1-5-21-31-25-9-13-27(14-10-25)33-29-17-19-30(20-18-29)34-28-15-11-26(12-16-28)32-22-6-2-4-8-24-36/h9-20,35-36H,1-8,21-24H2. The Bertz CT molecular complexity index is 879. The Morgan fingerprint density at radius 2 is 0.639 bits per heavy atom. The molecule has 36 heavy (non-hydrogen) atoms. The summed E-state index contributed by atoms with van der Waals surface area (Å²) in [6.45, 7) is 1.47. The van der Waals surface area contributed by atoms with Crippen molar-refractivity contribution in [3.63, 3.8) is 0 Å². The molecule has 194 valence electrons. The van der Waals surface area contributed by atoms with Crippen LogP contribution in [0.25, 0.3) is 0 Å². The second-order valence-electron chi connectivity index (χ2n) is 8.59. The maximum Gasteiger partial charge on any atom is 0.127 e. The number of hydrogen-bond donors (Lipinski definition) is 2. The molecule has 3 rings (SSSR count). The van der Waals surface area contributed by atoms with Gasteiger partial charge in [-0.1, -0.05) is 25.7 Å². The van der Waals surface area contributed by atoms with Crippen molar-refractivity contribution in [2.24, 2.45) is 0 Å². The number of thiol groups is 2. The van der Waals surface area contributed by atoms with E-state index in [0.29, 0.717) is 0 Å². The van der Waals surface area contributed by atoms with E-state index in [2.05, 4.69) is 25.3 Å². The van der Waals surface area contributed by atoms with Gasteiger partial charge >= 0.3 is 0 Å². The molecule has 0 N–H and O–H groups in total. The quantitative estimate of drug-likeness (QED) is 0.128. The molecule has 0 amide bonds. The minimum Gasteiger partial charge on any atom is -0.494 e. The van der Waals surface area contributed by atoms with Crippen LogP contribution in [0.15, 0.2) is 72.8 Å². The largest absolute Gasteiger partial charge is 0.494 e. The summed E-state index contributed by atoms with van der Waals surface area (Å²) in [7, 11) is 0. The highest BCUT2D eigenvalue weighted by Crippen LogP contribution is 2.28. The first-order chi connectivity index (χ1) is 17.8. The van der Waals surface area contributed by atoms with Gasteiger partial charge in [0.15, 0.2) is 0 Å². The molecule has 0 atom stereocenters. The summed E-state index contributed by atoms with van der Waals surface area (Å²) in [5, 5.41) is 0. The lowest BCUT2D eigenvalue weighted by Crippen LogP contribution is -1.97. The maximum atomic E-state index is 5.95. The average molecular weight is 527 g/mol. The fourth-order valence-electron chi connectivity index (χ4n) is 3.57. The third-order valence-corrected chi connectivity index (χ3v) is 6.22. The third-order valence-electron chi connectivity index (χ3n) is 5.58. The van der Waals surface area contributed by atoms with Gasteiger partial charge in [-0.25, -0.2) is 0 Å². The highest BCUT2D eigenvalue weighted by Gasteiger charge is 2.03. The lowest BCUT2D eigenvalue weighted by Gasteiger charge is -2.10. The summed E-state index contributed by atoms with van der Waals surface area (Å²) in [4.78, 5) is 0. The van der Waals surface area contributed by atoms with E-state index in [1.807, 2.05) is 72.8 Å². The molecule has 0 saturated carbocycles. The van der Waals surface area contributed by atoms with Crippen LogP contribution >= 0.6 is 25.3 Å². The molecule has 0 aromatic heterocycles. The molecule has 0 unspecified atom stereocenters. The minimum absolute atomic E-state index is 0.737. The van der Waals surface area contributed by atoms with E-state index in [1.54, 1.807) is 0 Å². The molecule has 0 aliphatic rings. The lowest BCUT2D eigenvalue weighted by molar-refractivity contribution is 0.304. The number of hydrogen-bond acceptors (Lipinski definition) is 6. The first-order valence-electron chi connectivity index (χ1n) is 12.9. The van der Waals surface area contributed by atoms with E-state index in [0.717, 1.165) is 72.1 Å². The second-order valence-corrected chi connectivity index (χ2v) is 9.49. The average Bonchev–Trinajstić information content (AvgIpc) is 2.91. The van der Waals surface area contributed by atoms with Crippen molar-refractivity contribution in [3.8, 4) is 34.5 Å². The highest BCUT2D eigenvalue weighted by atomic mass is 32.1. The van der Waals surface area contributed by atoms with Crippen LogP contribution in [0.4, 0.5) is 0 Å². The summed E-state index contributed by atoms with van der Waals surface area (Å²) in [6, 6.07) is 23.1. The smallest absolute Gasteiger partial charge is 0.127 e. The molecule has 6 heteroatoms. The minimum atomic E-state index is 0.737. The first kappa shape index (κ1) is 28.1. The topological polar surface area (TPSA) is 36.9 Å². The van der Waals surface area contributed by atoms with Crippen molar-refractivity contribution in [1.29, 1.82) is 0 Å². The fourth-order valence-corrected chi connectivity index (χ4v) is 4.02. The van der Waals surface area contributed by atoms with E-state index in [4.69, 9.17) is 18.9 Å². The number of benzene rings is 3. The molecular formula is C30H38O4S2. The monoisotopic (exact) mass is 526 g/mol. The number of unbranched alkanes of at least 4 members (excludes halogenated alkanes) is 6. The third kappa shape index (κ3) is 11.1. The summed E-state index contributed by atoms with van der Waals surface area (Å²) in [6.07, 6.45) is 9.25. The predicted octanol–water partition coefficient (Wildman–Crippen LogP) is 9.01. The maximum absolute atomic E-state index is 5.95. The Morgan fingerprint density at radius 3 is 0.944 bits per heavy atom. The predicted molar refractivity (Wildman–Crippen MR) is 155 cm³/mol. The van der Waals surface area contributed by atoms with Gasteiger partial charge in [-0.3, -0.25) is 0 Å². The van der Waals surface area contributed by atoms with Crippen molar-refractivity contribution in [2.45, 2.75) is 51.4 Å². The zero-order valence-electron chi connectivity index (χ0n) is 20.9. The van der Waals surface area contributed by atoms with Crippen LogP contribution in [-0.4, -0.2) is 24.7 Å². The lowest BCUT2D eigenvalue weighted by atomic mass is 10.2. The van der Waals surface area contributed by atoms with E-state index in [1.165, 1.54) is 38.5 Å². The Labute approximate surface area is 227 Å². The van der Waals surface area contributed by atoms with E-state index in [9.17, 15) is 0 Å². The van der Waals surface area contributed by atoms with E-state index in [-0.39, 0.29) is 0 Å². The van der Waals surface area contributed by atoms with E-state index < -0.39 is 0 Å². The van der Waals surface area contributed by atoms with Crippen LogP contribution in [0.2, 0.25) is 0 Å². The summed E-state index contributed by atoms with van der Waals surface area (Å²) >= 11 is 8.48. The molecule has 0 fully saturated rings. The molecule has 0 bridgehead atoms. The Balaban J connectivity index is 1.38. The normalized spacial score (nSPS) is 10.7. The second kappa shape index (κ2) is 17.1. The summed E-state index contributed by atoms with van der Waals surface area (Å²) in [5.74, 6) is 6.67. The number of ether oxygens (including phenoxy) is 4. The van der Waals surface area contributed by atoms with Crippen LogP contribution in [0.5, 0.6) is 34.5 Å². The van der Waals surface area contributed by atoms with Crippen LogP contribution < -0.4 is 18.9 Å². The van der Waals surface area contributed by atoms with Crippen molar-refractivity contribution >= 4 is 25.3 Å². The Morgan fingerprint density at radius 1 is 0.361 bits per heavy atom. The Hall–Kier alpha value is -2.44. The zero-order valence-corrected chi connectivity index (χ0v) is 22.7. The molecular weight excluding hydrogens is 488 g/mol. The SMILES string of the molecule is SCCCCCCOc1ccc(Oc2ccc(Oc3ccc(OCCCCCCS)cc3)cc2)cc1. The van der Waals surface area contributed by atoms with Gasteiger partial charge in [0.05, 0.1) is 13.2 Å². The van der Waals surface area contributed by atoms with Gasteiger partial charge in [0, 0.05) is 0 Å². The fraction of sp³-hybridized carbons (Fsp3) is 0.400. The van der Waals surface area contributed by atoms with Crippen LogP contribution in [0.3, 0.4) is 0 Å². The molecule has 0 aliphatic heterocycles. The summed E-state index contributed by atoms with van der Waals surface area (Å²) in [5.41, 5.74) is 0. The highest BCUT2D eigenvalue weighted by molar-refractivity contribution is 7.80. The van der Waals surface area contributed by atoms with Gasteiger partial charge in [0.1, 0.15) is 34.5 Å². The van der Waals surface area contributed by atoms with Gasteiger partial charge < -0.3 is 18.9 Å². The van der Waals surface area contributed by atoms with Crippen molar-refractivity contribution in [2.75, 3.05) is 24.7 Å². The van der Waals surface area contributed by atoms with Crippen molar-refractivity contribution < 1.29 is 18.9 Å². The molecule has 0 aliphatic carbocycles. The van der Waals surface area contributed by atoms with Gasteiger partial charge in [-0.15, -0.1) is 0 Å². The molecule has 0 saturated heterocycles. The zero-order chi connectivity index (χ0) is 25.3. The van der Waals surface area contributed by atoms with Gasteiger partial charge in [-0.2, -0.15) is 25.3 Å². The van der Waals surface area contributed by atoms with Crippen molar-refractivity contribution in [1.82, 2.24) is 0 Å². The van der Waals surface area contributed by atoms with Gasteiger partial charge in [0.25, 0.3) is 0 Å². The van der Waals surface area contributed by atoms with Crippen LogP contribution in [-0.2, 0) is 0 Å². The molecule has 3 aromatic carbocycles.